The maximum absolute atomic E-state index is 15.2. The third-order valence-electron chi connectivity index (χ3n) is 4.24. The van der Waals surface area contributed by atoms with Gasteiger partial charge in [0.2, 0.25) is 0 Å². The van der Waals surface area contributed by atoms with E-state index in [1.165, 1.54) is 19.1 Å². The van der Waals surface area contributed by atoms with Gasteiger partial charge in [-0.2, -0.15) is 8.78 Å². The van der Waals surface area contributed by atoms with Crippen LogP contribution in [0.15, 0.2) is 58.1 Å². The molecule has 0 atom stereocenters. The Labute approximate surface area is 158 Å². The van der Waals surface area contributed by atoms with Gasteiger partial charge in [-0.25, -0.2) is 0 Å². The molecule has 4 N–H and O–H groups in total. The summed E-state index contributed by atoms with van der Waals surface area (Å²) in [6.45, 7) is 4.54. The largest absolute Gasteiger partial charge is 0.484 e. The molecule has 0 aromatic carbocycles. The van der Waals surface area contributed by atoms with Crippen LogP contribution in [0.3, 0.4) is 0 Å². The number of carbonyl (C=O) groups excluding carboxylic acids is 1. The molecule has 1 aliphatic carbocycles. The quantitative estimate of drug-likeness (QED) is 0.382. The fourth-order valence-corrected chi connectivity index (χ4v) is 2.50. The summed E-state index contributed by atoms with van der Waals surface area (Å²) in [4.78, 5) is 11.8. The Morgan fingerprint density at radius 1 is 1.22 bits per heavy atom. The van der Waals surface area contributed by atoms with Crippen LogP contribution in [-0.2, 0) is 4.79 Å². The second-order valence-electron chi connectivity index (χ2n) is 6.41. The first-order valence-corrected chi connectivity index (χ1v) is 8.56. The number of hydrogen-bond acceptors (Lipinski definition) is 5. The zero-order valence-corrected chi connectivity index (χ0v) is 15.6. The maximum atomic E-state index is 15.2. The molecule has 0 heterocycles. The van der Waals surface area contributed by atoms with E-state index in [0.29, 0.717) is 5.57 Å². The number of ketones is 1. The topological polar surface area (TPSA) is 98.0 Å². The smallest absolute Gasteiger partial charge is 0.427 e. The first kappa shape index (κ1) is 23.2. The second kappa shape index (κ2) is 9.94. The predicted molar refractivity (Wildman–Crippen MR) is 102 cm³/mol. The summed E-state index contributed by atoms with van der Waals surface area (Å²) in [5.41, 5.74) is -0.243. The van der Waals surface area contributed by atoms with Crippen molar-refractivity contribution >= 4 is 20.0 Å². The number of hydrogen-bond donors (Lipinski definition) is 4. The van der Waals surface area contributed by atoms with Gasteiger partial charge >= 0.3 is 14.2 Å². The lowest BCUT2D eigenvalue weighted by atomic mass is 9.76. The number of allylic oxidation sites excluding steroid dienone is 10. The van der Waals surface area contributed by atoms with Gasteiger partial charge in [-0.1, -0.05) is 29.9 Å². The van der Waals surface area contributed by atoms with Crippen LogP contribution in [0, 0.1) is 0 Å². The third kappa shape index (κ3) is 6.70. The van der Waals surface area contributed by atoms with Crippen molar-refractivity contribution in [2.75, 3.05) is 0 Å². The molecule has 0 aromatic rings. The molecule has 0 aliphatic heterocycles. The van der Waals surface area contributed by atoms with E-state index in [4.69, 9.17) is 10.0 Å². The molecule has 1 rings (SSSR count). The number of carbonyl (C=O) groups is 1. The molecule has 0 saturated carbocycles. The molecule has 0 unspecified atom stereocenters. The van der Waals surface area contributed by atoms with Crippen LogP contribution in [0.2, 0.25) is 6.32 Å². The fourth-order valence-electron chi connectivity index (χ4n) is 2.50. The molecule has 1 aliphatic rings. The van der Waals surface area contributed by atoms with Gasteiger partial charge in [-0.05, 0) is 51.5 Å². The van der Waals surface area contributed by atoms with Crippen LogP contribution in [0.1, 0.15) is 33.6 Å². The standard InChI is InChI=1S/C18H24B2F2O5/c1-4-12(2)9-16(7-8-19(24)25)18(21,22)15-5-6-17(20(26)27)11-14(10-15)13(3)23/h4-5,9-11,24-27H,6-8H2,1-3H3/b12-4-,16-9+. The highest BCUT2D eigenvalue weighted by molar-refractivity contribution is 6.51. The van der Waals surface area contributed by atoms with E-state index in [9.17, 15) is 14.8 Å². The summed E-state index contributed by atoms with van der Waals surface area (Å²) >= 11 is 0. The average molecular weight is 380 g/mol. The van der Waals surface area contributed by atoms with Gasteiger partial charge < -0.3 is 20.1 Å². The van der Waals surface area contributed by atoms with Crippen molar-refractivity contribution in [2.45, 2.75) is 45.9 Å². The Bertz CT molecular complexity index is 719. The second-order valence-corrected chi connectivity index (χ2v) is 6.41. The first-order valence-electron chi connectivity index (χ1n) is 8.56. The zero-order valence-electron chi connectivity index (χ0n) is 15.6. The van der Waals surface area contributed by atoms with Crippen LogP contribution >= 0.6 is 0 Å². The van der Waals surface area contributed by atoms with Gasteiger partial charge in [-0.15, -0.1) is 0 Å². The molecule has 146 valence electrons. The summed E-state index contributed by atoms with van der Waals surface area (Å²) < 4.78 is 30.5. The van der Waals surface area contributed by atoms with Crippen molar-refractivity contribution in [1.82, 2.24) is 0 Å². The Balaban J connectivity index is 3.41. The van der Waals surface area contributed by atoms with Crippen LogP contribution in [0.4, 0.5) is 8.78 Å². The van der Waals surface area contributed by atoms with Crippen LogP contribution in [0.5, 0.6) is 0 Å². The van der Waals surface area contributed by atoms with E-state index in [1.54, 1.807) is 19.9 Å². The molecule has 0 fully saturated rings. The minimum atomic E-state index is -3.48. The van der Waals surface area contributed by atoms with Gasteiger partial charge in [-0.3, -0.25) is 4.79 Å². The molecule has 0 radical (unpaired) electrons. The average Bonchev–Trinajstić information content (AvgIpc) is 2.81. The number of halogens is 2. The molecule has 0 bridgehead atoms. The summed E-state index contributed by atoms with van der Waals surface area (Å²) in [7, 11) is -3.58. The lowest BCUT2D eigenvalue weighted by molar-refractivity contribution is -0.113. The summed E-state index contributed by atoms with van der Waals surface area (Å²) in [5.74, 6) is -3.97. The van der Waals surface area contributed by atoms with Crippen molar-refractivity contribution in [3.8, 4) is 0 Å². The normalized spacial score (nSPS) is 16.3. The molecular formula is C18H24B2F2O5. The van der Waals surface area contributed by atoms with Gasteiger partial charge in [0.25, 0.3) is 5.92 Å². The Morgan fingerprint density at radius 2 is 1.85 bits per heavy atom. The van der Waals surface area contributed by atoms with E-state index < -0.39 is 31.5 Å². The number of rotatable bonds is 8. The summed E-state index contributed by atoms with van der Waals surface area (Å²) in [5, 5.41) is 36.8. The van der Waals surface area contributed by atoms with Crippen molar-refractivity contribution in [2.24, 2.45) is 0 Å². The van der Waals surface area contributed by atoms with Gasteiger partial charge in [0.1, 0.15) is 0 Å². The van der Waals surface area contributed by atoms with Gasteiger partial charge in [0.05, 0.1) is 0 Å². The van der Waals surface area contributed by atoms with Crippen LogP contribution in [0.25, 0.3) is 0 Å². The summed E-state index contributed by atoms with van der Waals surface area (Å²) in [6, 6.07) is 0. The molecular weight excluding hydrogens is 356 g/mol. The summed E-state index contributed by atoms with van der Waals surface area (Å²) in [6.07, 6.45) is 5.61. The Hall–Kier alpha value is -1.80. The SMILES string of the molecule is C/C=C(C)\C=C(/CCB(O)O)C(F)(F)C1=CCC(B(O)O)=CC(C(C)=O)=C1. The third-order valence-corrected chi connectivity index (χ3v) is 4.24. The highest BCUT2D eigenvalue weighted by atomic mass is 19.3. The molecule has 5 nitrogen and oxygen atoms in total. The Morgan fingerprint density at radius 3 is 2.33 bits per heavy atom. The van der Waals surface area contributed by atoms with E-state index in [0.717, 1.165) is 12.2 Å². The minimum absolute atomic E-state index is 0.0307. The molecule has 0 saturated heterocycles. The van der Waals surface area contributed by atoms with Gasteiger partial charge in [0, 0.05) is 16.7 Å². The monoisotopic (exact) mass is 380 g/mol. The molecule has 27 heavy (non-hydrogen) atoms. The van der Waals surface area contributed by atoms with Crippen molar-refractivity contribution < 1.29 is 33.7 Å². The van der Waals surface area contributed by atoms with Crippen molar-refractivity contribution in [3.63, 3.8) is 0 Å². The molecule has 0 spiro atoms. The molecule has 9 heteroatoms. The highest BCUT2D eigenvalue weighted by Crippen LogP contribution is 2.39. The van der Waals surface area contributed by atoms with E-state index in [1.807, 2.05) is 0 Å². The predicted octanol–water partition coefficient (Wildman–Crippen LogP) is 2.16. The van der Waals surface area contributed by atoms with E-state index in [2.05, 4.69) is 0 Å². The maximum Gasteiger partial charge on any atom is 0.484 e. The fraction of sp³-hybridized carbons (Fsp3) is 0.389. The van der Waals surface area contributed by atoms with Crippen molar-refractivity contribution in [1.29, 1.82) is 0 Å². The van der Waals surface area contributed by atoms with E-state index >= 15 is 8.78 Å². The number of Topliss-reactive ketones (excluding diaryl/α,β-unsaturated/α-hetero) is 1. The lowest BCUT2D eigenvalue weighted by Gasteiger charge is -2.22. The van der Waals surface area contributed by atoms with Crippen LogP contribution in [-0.4, -0.2) is 46.0 Å². The first-order chi connectivity index (χ1) is 12.5. The minimum Gasteiger partial charge on any atom is -0.427 e. The van der Waals surface area contributed by atoms with Gasteiger partial charge in [0.15, 0.2) is 5.78 Å². The molecule has 0 aromatic heterocycles. The molecule has 0 amide bonds. The van der Waals surface area contributed by atoms with E-state index in [-0.39, 0.29) is 35.8 Å². The zero-order chi connectivity index (χ0) is 20.8. The lowest BCUT2D eigenvalue weighted by Crippen LogP contribution is -2.24. The van der Waals surface area contributed by atoms with Crippen LogP contribution < -0.4 is 0 Å². The number of alkyl halides is 2. The van der Waals surface area contributed by atoms with Crippen molar-refractivity contribution in [3.05, 3.63) is 58.1 Å². The highest BCUT2D eigenvalue weighted by Gasteiger charge is 2.38. The Kier molecular flexibility index (Phi) is 8.56.